The second kappa shape index (κ2) is 34.4. The van der Waals surface area contributed by atoms with Crippen LogP contribution < -0.4 is 5.32 Å². The molecule has 1 heterocycles. The number of nitrogens with one attached hydrogen (secondary N) is 1. The van der Waals surface area contributed by atoms with Gasteiger partial charge in [-0.2, -0.15) is 0 Å². The monoisotopic (exact) mass is 760 g/mol. The van der Waals surface area contributed by atoms with E-state index in [0.717, 1.165) is 44.9 Å². The number of carbonyl (C=O) groups excluding carboxylic acids is 1. The molecular weight excluding hydrogens is 674 g/mol. The van der Waals surface area contributed by atoms with E-state index in [1.807, 2.05) is 0 Å². The van der Waals surface area contributed by atoms with Gasteiger partial charge in [0.2, 0.25) is 5.91 Å². The van der Waals surface area contributed by atoms with Crippen LogP contribution in [0.15, 0.2) is 0 Å². The van der Waals surface area contributed by atoms with Crippen LogP contribution in [0.5, 0.6) is 0 Å². The van der Waals surface area contributed by atoms with Gasteiger partial charge >= 0.3 is 0 Å². The lowest BCUT2D eigenvalue weighted by atomic mass is 9.98. The van der Waals surface area contributed by atoms with Crippen LogP contribution in [0.3, 0.4) is 0 Å². The average Bonchev–Trinajstić information content (AvgIpc) is 3.16. The van der Waals surface area contributed by atoms with E-state index in [0.29, 0.717) is 6.42 Å². The molecule has 1 rings (SSSR count). The van der Waals surface area contributed by atoms with Crippen molar-refractivity contribution in [2.75, 3.05) is 13.2 Å². The molecule has 0 aliphatic carbocycles. The first-order valence-electron chi connectivity index (χ1n) is 22.3. The molecule has 316 valence electrons. The van der Waals surface area contributed by atoms with Gasteiger partial charge in [0.1, 0.15) is 30.5 Å². The Balaban J connectivity index is 2.31. The number of unbranched alkanes of at least 4 members (excludes halogenated alkanes) is 26. The summed E-state index contributed by atoms with van der Waals surface area (Å²) in [5.74, 6) is -0.256. The normalized spacial score (nSPS) is 22.2. The van der Waals surface area contributed by atoms with Gasteiger partial charge in [0, 0.05) is 6.42 Å². The second-order valence-electron chi connectivity index (χ2n) is 16.0. The molecule has 1 aliphatic rings. The van der Waals surface area contributed by atoms with Gasteiger partial charge in [0.15, 0.2) is 6.29 Å². The minimum absolute atomic E-state index is 0.256. The third kappa shape index (κ3) is 25.1. The highest BCUT2D eigenvalue weighted by Gasteiger charge is 2.44. The van der Waals surface area contributed by atoms with E-state index < -0.39 is 55.6 Å². The highest BCUT2D eigenvalue weighted by molar-refractivity contribution is 5.76. The van der Waals surface area contributed by atoms with Crippen molar-refractivity contribution >= 4 is 5.91 Å². The van der Waals surface area contributed by atoms with Gasteiger partial charge in [-0.3, -0.25) is 4.79 Å². The van der Waals surface area contributed by atoms with Gasteiger partial charge in [-0.1, -0.05) is 187 Å². The predicted octanol–water partition coefficient (Wildman–Crippen LogP) is 7.75. The maximum absolute atomic E-state index is 12.9. The molecule has 10 nitrogen and oxygen atoms in total. The fourth-order valence-corrected chi connectivity index (χ4v) is 7.38. The van der Waals surface area contributed by atoms with Gasteiger partial charge in [-0.15, -0.1) is 0 Å². The Bertz CT molecular complexity index is 819. The van der Waals surface area contributed by atoms with Crippen LogP contribution >= 0.6 is 0 Å². The standard InChI is InChI=1S/C43H85NO9/c1-3-5-7-9-11-13-14-15-16-17-18-19-20-21-22-23-24-26-28-30-32-38(47)44-35(34-52-43-42(51)41(50)40(49)37(33-45)53-43)39(48)36(46)31-29-27-25-12-10-8-6-4-2/h35-37,39-43,45-46,48-51H,3-34H2,1-2H3,(H,44,47)/t35-,36+,37+,39-,40+,41?,42?,43+/m0/s1. The number of hydrogen-bond donors (Lipinski definition) is 7. The summed E-state index contributed by atoms with van der Waals surface area (Å²) in [6, 6.07) is -0.982. The maximum Gasteiger partial charge on any atom is 0.220 e. The fourth-order valence-electron chi connectivity index (χ4n) is 7.38. The van der Waals surface area contributed by atoms with E-state index in [1.54, 1.807) is 0 Å². The van der Waals surface area contributed by atoms with Crippen LogP contribution in [-0.4, -0.2) is 98.7 Å². The molecule has 7 N–H and O–H groups in total. The molecule has 0 aromatic heterocycles. The molecule has 0 radical (unpaired) electrons. The van der Waals surface area contributed by atoms with E-state index in [2.05, 4.69) is 19.2 Å². The summed E-state index contributed by atoms with van der Waals surface area (Å²) in [6.07, 6.45) is 25.6. The molecule has 53 heavy (non-hydrogen) atoms. The summed E-state index contributed by atoms with van der Waals surface area (Å²) < 4.78 is 11.1. The Morgan fingerprint density at radius 2 is 0.981 bits per heavy atom. The smallest absolute Gasteiger partial charge is 0.220 e. The zero-order chi connectivity index (χ0) is 38.9. The number of aliphatic hydroxyl groups excluding tert-OH is 6. The molecule has 10 heteroatoms. The number of amides is 1. The topological polar surface area (TPSA) is 169 Å². The molecule has 8 atom stereocenters. The van der Waals surface area contributed by atoms with Gasteiger partial charge in [-0.05, 0) is 12.8 Å². The van der Waals surface area contributed by atoms with Crippen LogP contribution in [-0.2, 0) is 14.3 Å². The molecule has 1 amide bonds. The summed E-state index contributed by atoms with van der Waals surface area (Å²) in [7, 11) is 0. The molecule has 0 saturated carbocycles. The Labute approximate surface area is 324 Å². The number of carbonyl (C=O) groups is 1. The van der Waals surface area contributed by atoms with Crippen molar-refractivity contribution in [1.29, 1.82) is 0 Å². The Morgan fingerprint density at radius 3 is 1.40 bits per heavy atom. The molecule has 2 unspecified atom stereocenters. The van der Waals surface area contributed by atoms with Crippen molar-refractivity contribution in [3.8, 4) is 0 Å². The lowest BCUT2D eigenvalue weighted by Gasteiger charge is -2.40. The molecule has 1 aliphatic heterocycles. The van der Waals surface area contributed by atoms with E-state index >= 15 is 0 Å². The zero-order valence-corrected chi connectivity index (χ0v) is 34.2. The highest BCUT2D eigenvalue weighted by atomic mass is 16.7. The third-order valence-electron chi connectivity index (χ3n) is 11.1. The summed E-state index contributed by atoms with van der Waals surface area (Å²) in [5.41, 5.74) is 0. The molecule has 0 spiro atoms. The predicted molar refractivity (Wildman–Crippen MR) is 214 cm³/mol. The van der Waals surface area contributed by atoms with Crippen molar-refractivity contribution < 1.29 is 44.9 Å². The first kappa shape index (κ1) is 50.2. The van der Waals surface area contributed by atoms with Crippen molar-refractivity contribution in [1.82, 2.24) is 5.32 Å². The van der Waals surface area contributed by atoms with Crippen LogP contribution in [0.2, 0.25) is 0 Å². The van der Waals surface area contributed by atoms with Gasteiger partial charge in [-0.25, -0.2) is 0 Å². The van der Waals surface area contributed by atoms with E-state index in [4.69, 9.17) is 9.47 Å². The molecule has 1 fully saturated rings. The van der Waals surface area contributed by atoms with Crippen molar-refractivity contribution in [2.45, 2.75) is 255 Å². The zero-order valence-electron chi connectivity index (χ0n) is 34.2. The minimum atomic E-state index is -1.60. The van der Waals surface area contributed by atoms with Crippen molar-refractivity contribution in [3.05, 3.63) is 0 Å². The molecule has 0 aromatic rings. The third-order valence-corrected chi connectivity index (χ3v) is 11.1. The Hall–Kier alpha value is -0.850. The van der Waals surface area contributed by atoms with Gasteiger partial charge < -0.3 is 45.4 Å². The van der Waals surface area contributed by atoms with E-state index in [1.165, 1.54) is 135 Å². The molecule has 0 bridgehead atoms. The largest absolute Gasteiger partial charge is 0.394 e. The lowest BCUT2D eigenvalue weighted by Crippen LogP contribution is -2.60. The van der Waals surface area contributed by atoms with Crippen LogP contribution in [0.1, 0.15) is 206 Å². The first-order chi connectivity index (χ1) is 25.8. The Kier molecular flexibility index (Phi) is 32.6. The van der Waals surface area contributed by atoms with Crippen LogP contribution in [0.4, 0.5) is 0 Å². The van der Waals surface area contributed by atoms with E-state index in [9.17, 15) is 35.4 Å². The van der Waals surface area contributed by atoms with Crippen molar-refractivity contribution in [3.63, 3.8) is 0 Å². The Morgan fingerprint density at radius 1 is 0.585 bits per heavy atom. The SMILES string of the molecule is CCCCCCCCCCCCCCCCCCCCCCC(=O)N[C@@H](CO[C@@H]1O[C@H](CO)[C@@H](O)C(O)C1O)[C@H](O)[C@H](O)CCCCCCCCCC. The summed E-state index contributed by atoms with van der Waals surface area (Å²) in [5, 5.41) is 64.8. The summed E-state index contributed by atoms with van der Waals surface area (Å²) in [6.45, 7) is 3.57. The summed E-state index contributed by atoms with van der Waals surface area (Å²) >= 11 is 0. The number of rotatable bonds is 37. The maximum atomic E-state index is 12.9. The molecule has 1 saturated heterocycles. The fraction of sp³-hybridized carbons (Fsp3) is 0.977. The second-order valence-corrected chi connectivity index (χ2v) is 16.0. The summed E-state index contributed by atoms with van der Waals surface area (Å²) in [4.78, 5) is 12.9. The quantitative estimate of drug-likeness (QED) is 0.0313. The first-order valence-corrected chi connectivity index (χ1v) is 22.3. The number of ether oxygens (including phenoxy) is 2. The molecule has 0 aromatic carbocycles. The lowest BCUT2D eigenvalue weighted by molar-refractivity contribution is -0.303. The number of hydrogen-bond acceptors (Lipinski definition) is 9. The van der Waals surface area contributed by atoms with Crippen molar-refractivity contribution in [2.24, 2.45) is 0 Å². The minimum Gasteiger partial charge on any atom is -0.394 e. The van der Waals surface area contributed by atoms with Crippen LogP contribution in [0, 0.1) is 0 Å². The van der Waals surface area contributed by atoms with E-state index in [-0.39, 0.29) is 18.9 Å². The van der Waals surface area contributed by atoms with Crippen LogP contribution in [0.25, 0.3) is 0 Å². The average molecular weight is 760 g/mol. The molecular formula is C43H85NO9. The number of aliphatic hydroxyl groups is 6. The van der Waals surface area contributed by atoms with Gasteiger partial charge in [0.05, 0.1) is 25.4 Å². The van der Waals surface area contributed by atoms with Gasteiger partial charge in [0.25, 0.3) is 0 Å². The highest BCUT2D eigenvalue weighted by Crippen LogP contribution is 2.23.